The largest absolute Gasteiger partial charge is 0.387 e. The molecule has 0 aliphatic carbocycles. The molecule has 0 radical (unpaired) electrons. The number of hydrogen-bond acceptors (Lipinski definition) is 5. The molecule has 0 aromatic carbocycles. The average molecular weight is 656 g/mol. The lowest BCUT2D eigenvalue weighted by Crippen LogP contribution is -2.50. The van der Waals surface area contributed by atoms with Gasteiger partial charge in [-0.05, 0) is 57.8 Å². The SMILES string of the molecule is CCCCCCC/C=C/CC/C=C/C(O)C(CS(=O)(=O)O)NC(=O)C(O)CCCCCC/C=C\CCCCCCCCCCC. The fourth-order valence-electron chi connectivity index (χ4n) is 5.29. The van der Waals surface area contributed by atoms with Crippen LogP contribution in [0.4, 0.5) is 0 Å². The zero-order valence-electron chi connectivity index (χ0n) is 28.8. The lowest BCUT2D eigenvalue weighted by Gasteiger charge is -2.22. The van der Waals surface area contributed by atoms with Crippen molar-refractivity contribution in [2.45, 2.75) is 186 Å². The summed E-state index contributed by atoms with van der Waals surface area (Å²) in [5.74, 6) is -1.57. The van der Waals surface area contributed by atoms with E-state index in [9.17, 15) is 28.0 Å². The summed E-state index contributed by atoms with van der Waals surface area (Å²) in [6.45, 7) is 4.46. The molecule has 45 heavy (non-hydrogen) atoms. The maximum Gasteiger partial charge on any atom is 0.267 e. The monoisotopic (exact) mass is 655 g/mol. The second-order valence-corrected chi connectivity index (χ2v) is 14.1. The van der Waals surface area contributed by atoms with Crippen LogP contribution in [0.1, 0.15) is 168 Å². The summed E-state index contributed by atoms with van der Waals surface area (Å²) in [6, 6.07) is -1.25. The van der Waals surface area contributed by atoms with Crippen molar-refractivity contribution in [3.8, 4) is 0 Å². The van der Waals surface area contributed by atoms with Crippen LogP contribution in [0.3, 0.4) is 0 Å². The summed E-state index contributed by atoms with van der Waals surface area (Å²) in [4.78, 5) is 12.5. The third kappa shape index (κ3) is 30.9. The van der Waals surface area contributed by atoms with E-state index < -0.39 is 40.0 Å². The highest BCUT2D eigenvalue weighted by Crippen LogP contribution is 2.13. The van der Waals surface area contributed by atoms with Gasteiger partial charge in [-0.3, -0.25) is 9.35 Å². The number of carbonyl (C=O) groups excluding carboxylic acids is 1. The maximum absolute atomic E-state index is 12.5. The molecule has 3 atom stereocenters. The number of hydrogen-bond donors (Lipinski definition) is 4. The first-order chi connectivity index (χ1) is 21.7. The molecule has 0 saturated heterocycles. The zero-order valence-corrected chi connectivity index (χ0v) is 29.7. The fraction of sp³-hybridized carbons (Fsp3) is 0.811. The molecule has 0 heterocycles. The Morgan fingerprint density at radius 2 is 1.00 bits per heavy atom. The molecular weight excluding hydrogens is 586 g/mol. The maximum atomic E-state index is 12.5. The van der Waals surface area contributed by atoms with Gasteiger partial charge in [0.25, 0.3) is 10.1 Å². The van der Waals surface area contributed by atoms with E-state index in [1.54, 1.807) is 6.08 Å². The first kappa shape index (κ1) is 43.5. The van der Waals surface area contributed by atoms with Gasteiger partial charge in [-0.25, -0.2) is 0 Å². The summed E-state index contributed by atoms with van der Waals surface area (Å²) < 4.78 is 32.3. The Kier molecular flexibility index (Phi) is 30.1. The molecule has 0 aliphatic heterocycles. The van der Waals surface area contributed by atoms with Gasteiger partial charge in [0.05, 0.1) is 17.9 Å². The van der Waals surface area contributed by atoms with Crippen molar-refractivity contribution in [3.05, 3.63) is 36.5 Å². The molecule has 7 nitrogen and oxygen atoms in total. The Balaban J connectivity index is 4.14. The van der Waals surface area contributed by atoms with E-state index in [0.29, 0.717) is 12.8 Å². The van der Waals surface area contributed by atoms with Gasteiger partial charge >= 0.3 is 0 Å². The molecular formula is C37H69NO6S. The van der Waals surface area contributed by atoms with Crippen molar-refractivity contribution in [3.63, 3.8) is 0 Å². The Hall–Kier alpha value is -1.48. The van der Waals surface area contributed by atoms with Gasteiger partial charge in [0.1, 0.15) is 6.10 Å². The summed E-state index contributed by atoms with van der Waals surface area (Å²) in [7, 11) is -4.45. The first-order valence-electron chi connectivity index (χ1n) is 18.3. The van der Waals surface area contributed by atoms with Gasteiger partial charge in [0, 0.05) is 0 Å². The fourth-order valence-corrected chi connectivity index (χ4v) is 6.02. The van der Waals surface area contributed by atoms with E-state index in [2.05, 4.69) is 43.5 Å². The minimum atomic E-state index is -4.45. The molecule has 1 amide bonds. The number of carbonyl (C=O) groups is 1. The molecule has 0 rings (SSSR count). The van der Waals surface area contributed by atoms with Crippen molar-refractivity contribution >= 4 is 16.0 Å². The van der Waals surface area contributed by atoms with Crippen LogP contribution >= 0.6 is 0 Å². The number of nitrogens with one attached hydrogen (secondary N) is 1. The van der Waals surface area contributed by atoms with Gasteiger partial charge in [-0.15, -0.1) is 0 Å². The minimum Gasteiger partial charge on any atom is -0.387 e. The summed E-state index contributed by atoms with van der Waals surface area (Å²) in [5.41, 5.74) is 0. The van der Waals surface area contributed by atoms with E-state index in [1.165, 1.54) is 96.0 Å². The summed E-state index contributed by atoms with van der Waals surface area (Å²) >= 11 is 0. The van der Waals surface area contributed by atoms with E-state index in [4.69, 9.17) is 0 Å². The molecule has 264 valence electrons. The smallest absolute Gasteiger partial charge is 0.267 e. The van der Waals surface area contributed by atoms with Crippen molar-refractivity contribution in [2.75, 3.05) is 5.75 Å². The molecule has 3 unspecified atom stereocenters. The first-order valence-corrected chi connectivity index (χ1v) is 19.9. The third-order valence-corrected chi connectivity index (χ3v) is 8.93. The predicted molar refractivity (Wildman–Crippen MR) is 190 cm³/mol. The van der Waals surface area contributed by atoms with Gasteiger partial charge in [-0.2, -0.15) is 8.42 Å². The number of amides is 1. The number of aliphatic hydroxyl groups excluding tert-OH is 2. The van der Waals surface area contributed by atoms with Crippen molar-refractivity contribution in [1.29, 1.82) is 0 Å². The second-order valence-electron chi connectivity index (χ2n) is 12.6. The molecule has 0 aromatic heterocycles. The number of allylic oxidation sites excluding steroid dienone is 5. The summed E-state index contributed by atoms with van der Waals surface area (Å²) in [6.07, 6.45) is 36.3. The average Bonchev–Trinajstić information content (AvgIpc) is 3.00. The van der Waals surface area contributed by atoms with Crippen molar-refractivity contribution < 1.29 is 28.0 Å². The van der Waals surface area contributed by atoms with Crippen molar-refractivity contribution in [1.82, 2.24) is 5.32 Å². The van der Waals surface area contributed by atoms with E-state index in [1.807, 2.05) is 0 Å². The topological polar surface area (TPSA) is 124 Å². The summed E-state index contributed by atoms with van der Waals surface area (Å²) in [5, 5.41) is 23.2. The zero-order chi connectivity index (χ0) is 33.4. The molecule has 0 aliphatic rings. The van der Waals surface area contributed by atoms with Gasteiger partial charge < -0.3 is 15.5 Å². The van der Waals surface area contributed by atoms with Crippen LogP contribution in [0, 0.1) is 0 Å². The molecule has 4 N–H and O–H groups in total. The Morgan fingerprint density at radius 1 is 0.600 bits per heavy atom. The Bertz CT molecular complexity index is 870. The highest BCUT2D eigenvalue weighted by molar-refractivity contribution is 7.85. The van der Waals surface area contributed by atoms with E-state index in [-0.39, 0.29) is 6.42 Å². The predicted octanol–water partition coefficient (Wildman–Crippen LogP) is 9.15. The van der Waals surface area contributed by atoms with Gasteiger partial charge in [0.2, 0.25) is 5.91 Å². The highest BCUT2D eigenvalue weighted by Gasteiger charge is 2.27. The lowest BCUT2D eigenvalue weighted by atomic mass is 10.1. The second kappa shape index (κ2) is 31.1. The van der Waals surface area contributed by atoms with Crippen LogP contribution in [-0.2, 0) is 14.9 Å². The highest BCUT2D eigenvalue weighted by atomic mass is 32.2. The number of unbranched alkanes of at least 4 members (excludes halogenated alkanes) is 19. The Morgan fingerprint density at radius 3 is 1.47 bits per heavy atom. The lowest BCUT2D eigenvalue weighted by molar-refractivity contribution is -0.130. The van der Waals surface area contributed by atoms with Gasteiger partial charge in [0.15, 0.2) is 0 Å². The molecule has 0 spiro atoms. The third-order valence-electron chi connectivity index (χ3n) is 8.15. The van der Waals surface area contributed by atoms with Crippen LogP contribution in [0.15, 0.2) is 36.5 Å². The normalized spacial score (nSPS) is 14.5. The van der Waals surface area contributed by atoms with Crippen LogP contribution in [0.2, 0.25) is 0 Å². The molecule has 0 aromatic rings. The van der Waals surface area contributed by atoms with E-state index in [0.717, 1.165) is 44.9 Å². The minimum absolute atomic E-state index is 0.260. The standard InChI is InChI=1S/C37H69NO6S/c1-3-5-7-9-11-13-15-16-17-18-19-20-22-24-26-28-30-32-36(40)37(41)38-34(33-45(42,43)44)35(39)31-29-27-25-23-21-14-12-10-8-6-4-2/h19-21,23,29,31,34-36,39-40H,3-18,22,24-28,30,32-33H2,1-2H3,(H,38,41)(H,42,43,44)/b20-19-,23-21+,31-29+. The molecule has 0 bridgehead atoms. The van der Waals surface area contributed by atoms with Crippen LogP contribution < -0.4 is 5.32 Å². The van der Waals surface area contributed by atoms with Gasteiger partial charge in [-0.1, -0.05) is 147 Å². The van der Waals surface area contributed by atoms with Crippen molar-refractivity contribution in [2.24, 2.45) is 0 Å². The van der Waals surface area contributed by atoms with E-state index >= 15 is 0 Å². The molecule has 0 saturated carbocycles. The van der Waals surface area contributed by atoms with Crippen LogP contribution in [-0.4, -0.2) is 53.1 Å². The van der Waals surface area contributed by atoms with Crippen LogP contribution in [0.5, 0.6) is 0 Å². The van der Waals surface area contributed by atoms with Crippen LogP contribution in [0.25, 0.3) is 0 Å². The Labute approximate surface area is 277 Å². The quantitative estimate of drug-likeness (QED) is 0.0326. The molecule has 8 heteroatoms. The molecule has 0 fully saturated rings. The number of aliphatic hydroxyl groups is 2. The number of rotatable bonds is 32.